The van der Waals surface area contributed by atoms with Gasteiger partial charge in [-0.1, -0.05) is 6.07 Å². The third kappa shape index (κ3) is 5.39. The van der Waals surface area contributed by atoms with Crippen LogP contribution in [0.2, 0.25) is 0 Å². The molecule has 1 saturated carbocycles. The standard InChI is InChI=1S/C23H29FN2O3S/c1-16(27)12-25(13-17-5-6-17)14-23(28)26-9-7-22-20(8-10-30-22)21(26)15-29-19-4-2-3-18(24)11-19/h2-4,8,10-11,16-17,21,27H,5-7,9,12-15H2,1H3/t16-,21+/m0/s1. The monoisotopic (exact) mass is 432 g/mol. The number of amides is 1. The Morgan fingerprint density at radius 3 is 2.97 bits per heavy atom. The zero-order chi connectivity index (χ0) is 21.1. The van der Waals surface area contributed by atoms with Crippen LogP contribution >= 0.6 is 11.3 Å². The summed E-state index contributed by atoms with van der Waals surface area (Å²) in [6, 6.07) is 7.98. The lowest BCUT2D eigenvalue weighted by molar-refractivity contribution is -0.136. The first kappa shape index (κ1) is 21.3. The molecule has 1 N–H and O–H groups in total. The molecule has 0 spiro atoms. The first-order valence-corrected chi connectivity index (χ1v) is 11.5. The quantitative estimate of drug-likeness (QED) is 0.659. The van der Waals surface area contributed by atoms with Crippen molar-refractivity contribution in [2.45, 2.75) is 38.3 Å². The van der Waals surface area contributed by atoms with Crippen molar-refractivity contribution in [2.24, 2.45) is 5.92 Å². The minimum Gasteiger partial charge on any atom is -0.491 e. The number of hydrogen-bond donors (Lipinski definition) is 1. The third-order valence-corrected chi connectivity index (χ3v) is 6.71. The molecule has 0 unspecified atom stereocenters. The van der Waals surface area contributed by atoms with E-state index in [4.69, 9.17) is 4.74 Å². The minimum atomic E-state index is -0.464. The number of thiophene rings is 1. The van der Waals surface area contributed by atoms with E-state index < -0.39 is 6.10 Å². The van der Waals surface area contributed by atoms with Gasteiger partial charge in [0.05, 0.1) is 18.7 Å². The van der Waals surface area contributed by atoms with Crippen LogP contribution in [0.15, 0.2) is 35.7 Å². The lowest BCUT2D eigenvalue weighted by atomic mass is 10.0. The molecule has 5 nitrogen and oxygen atoms in total. The van der Waals surface area contributed by atoms with Gasteiger partial charge in [-0.15, -0.1) is 11.3 Å². The van der Waals surface area contributed by atoms with Gasteiger partial charge in [0.15, 0.2) is 0 Å². The second-order valence-electron chi connectivity index (χ2n) is 8.41. The molecule has 0 saturated heterocycles. The Morgan fingerprint density at radius 2 is 2.23 bits per heavy atom. The van der Waals surface area contributed by atoms with Gasteiger partial charge in [-0.05, 0) is 61.2 Å². The van der Waals surface area contributed by atoms with Gasteiger partial charge in [0.1, 0.15) is 18.2 Å². The average molecular weight is 433 g/mol. The summed E-state index contributed by atoms with van der Waals surface area (Å²) in [6.07, 6.45) is 2.79. The maximum atomic E-state index is 13.5. The Hall–Kier alpha value is -1.96. The number of fused-ring (bicyclic) bond motifs is 1. The summed E-state index contributed by atoms with van der Waals surface area (Å²) in [6.45, 7) is 4.37. The van der Waals surface area contributed by atoms with Gasteiger partial charge in [0.25, 0.3) is 0 Å². The predicted molar refractivity (Wildman–Crippen MR) is 115 cm³/mol. The number of carbonyl (C=O) groups is 1. The first-order chi connectivity index (χ1) is 14.5. The Labute approximate surface area is 181 Å². The van der Waals surface area contributed by atoms with Gasteiger partial charge >= 0.3 is 0 Å². The van der Waals surface area contributed by atoms with Crippen LogP contribution in [0.4, 0.5) is 4.39 Å². The van der Waals surface area contributed by atoms with E-state index >= 15 is 0 Å². The van der Waals surface area contributed by atoms with Crippen molar-refractivity contribution >= 4 is 17.2 Å². The van der Waals surface area contributed by atoms with Crippen molar-refractivity contribution in [2.75, 3.05) is 32.8 Å². The van der Waals surface area contributed by atoms with E-state index in [9.17, 15) is 14.3 Å². The molecule has 2 aliphatic rings. The third-order valence-electron chi connectivity index (χ3n) is 5.71. The van der Waals surface area contributed by atoms with Gasteiger partial charge < -0.3 is 14.7 Å². The molecule has 1 aliphatic heterocycles. The highest BCUT2D eigenvalue weighted by Gasteiger charge is 2.34. The van der Waals surface area contributed by atoms with Gasteiger partial charge in [-0.25, -0.2) is 4.39 Å². The summed E-state index contributed by atoms with van der Waals surface area (Å²) in [7, 11) is 0. The van der Waals surface area contributed by atoms with E-state index in [0.29, 0.717) is 31.3 Å². The van der Waals surface area contributed by atoms with E-state index in [-0.39, 0.29) is 24.4 Å². The number of aliphatic hydroxyl groups is 1. The van der Waals surface area contributed by atoms with Crippen molar-refractivity contribution in [1.29, 1.82) is 0 Å². The van der Waals surface area contributed by atoms with E-state index in [1.54, 1.807) is 30.4 Å². The largest absolute Gasteiger partial charge is 0.491 e. The van der Waals surface area contributed by atoms with Gasteiger partial charge in [-0.3, -0.25) is 9.69 Å². The summed E-state index contributed by atoms with van der Waals surface area (Å²) < 4.78 is 19.4. The molecule has 2 heterocycles. The average Bonchev–Trinajstić information content (AvgIpc) is 3.37. The number of ether oxygens (including phenoxy) is 1. The molecule has 0 bridgehead atoms. The van der Waals surface area contributed by atoms with Crippen LogP contribution in [0.5, 0.6) is 5.75 Å². The molecule has 1 aliphatic carbocycles. The zero-order valence-electron chi connectivity index (χ0n) is 17.3. The maximum absolute atomic E-state index is 13.5. The Kier molecular flexibility index (Phi) is 6.71. The van der Waals surface area contributed by atoms with E-state index in [1.165, 1.54) is 29.9 Å². The number of carbonyl (C=O) groups excluding carboxylic acids is 1. The molecular weight excluding hydrogens is 403 g/mol. The summed E-state index contributed by atoms with van der Waals surface area (Å²) in [5, 5.41) is 11.9. The smallest absolute Gasteiger partial charge is 0.237 e. The van der Waals surface area contributed by atoms with Crippen LogP contribution in [-0.2, 0) is 11.2 Å². The summed E-state index contributed by atoms with van der Waals surface area (Å²) in [5.41, 5.74) is 1.13. The number of aliphatic hydroxyl groups excluding tert-OH is 1. The number of benzene rings is 1. The molecule has 1 aromatic heterocycles. The molecule has 1 aromatic carbocycles. The normalized spacial score (nSPS) is 19.6. The second kappa shape index (κ2) is 9.45. The molecule has 1 fully saturated rings. The van der Waals surface area contributed by atoms with Gasteiger partial charge in [0, 0.05) is 30.6 Å². The molecule has 1 amide bonds. The minimum absolute atomic E-state index is 0.0565. The molecule has 7 heteroatoms. The molecular formula is C23H29FN2O3S. The fourth-order valence-corrected chi connectivity index (χ4v) is 5.06. The lowest BCUT2D eigenvalue weighted by Crippen LogP contribution is -2.48. The van der Waals surface area contributed by atoms with Crippen molar-refractivity contribution < 1.29 is 19.0 Å². The number of rotatable bonds is 9. The molecule has 2 atom stereocenters. The van der Waals surface area contributed by atoms with Gasteiger partial charge in [-0.2, -0.15) is 0 Å². The Balaban J connectivity index is 1.47. The van der Waals surface area contributed by atoms with Gasteiger partial charge in [0.2, 0.25) is 5.91 Å². The first-order valence-electron chi connectivity index (χ1n) is 10.6. The van der Waals surface area contributed by atoms with Crippen molar-refractivity contribution in [3.05, 3.63) is 52.0 Å². The summed E-state index contributed by atoms with van der Waals surface area (Å²) >= 11 is 1.71. The highest BCUT2D eigenvalue weighted by atomic mass is 32.1. The van der Waals surface area contributed by atoms with Crippen LogP contribution in [0, 0.1) is 11.7 Å². The van der Waals surface area contributed by atoms with E-state index in [1.807, 2.05) is 4.90 Å². The maximum Gasteiger partial charge on any atom is 0.237 e. The SMILES string of the molecule is C[C@H](O)CN(CC(=O)N1CCc2sccc2[C@H]1COc1cccc(F)c1)CC1CC1. The fourth-order valence-electron chi connectivity index (χ4n) is 4.13. The van der Waals surface area contributed by atoms with Crippen LogP contribution in [0.25, 0.3) is 0 Å². The molecule has 30 heavy (non-hydrogen) atoms. The Bertz CT molecular complexity index is 864. The van der Waals surface area contributed by atoms with Crippen LogP contribution < -0.4 is 4.74 Å². The topological polar surface area (TPSA) is 53.0 Å². The van der Waals surface area contributed by atoms with Crippen molar-refractivity contribution in [3.63, 3.8) is 0 Å². The predicted octanol–water partition coefficient (Wildman–Crippen LogP) is 3.48. The fraction of sp³-hybridized carbons (Fsp3) is 0.522. The zero-order valence-corrected chi connectivity index (χ0v) is 18.1. The summed E-state index contributed by atoms with van der Waals surface area (Å²) in [4.78, 5) is 18.6. The molecule has 2 aromatic rings. The molecule has 4 rings (SSSR count). The summed E-state index contributed by atoms with van der Waals surface area (Å²) in [5.74, 6) is 0.831. The van der Waals surface area contributed by atoms with E-state index in [2.05, 4.69) is 16.3 Å². The lowest BCUT2D eigenvalue weighted by Gasteiger charge is -2.37. The van der Waals surface area contributed by atoms with Crippen molar-refractivity contribution in [3.8, 4) is 5.75 Å². The van der Waals surface area contributed by atoms with Crippen LogP contribution in [-0.4, -0.2) is 59.7 Å². The molecule has 0 radical (unpaired) electrons. The van der Waals surface area contributed by atoms with Crippen molar-refractivity contribution in [1.82, 2.24) is 9.80 Å². The number of nitrogens with zero attached hydrogens (tertiary/aromatic N) is 2. The highest BCUT2D eigenvalue weighted by Crippen LogP contribution is 2.34. The van der Waals surface area contributed by atoms with Crippen LogP contribution in [0.1, 0.15) is 36.2 Å². The molecule has 162 valence electrons. The second-order valence-corrected chi connectivity index (χ2v) is 9.41. The van der Waals surface area contributed by atoms with E-state index in [0.717, 1.165) is 18.5 Å². The Morgan fingerprint density at radius 1 is 1.40 bits per heavy atom. The number of halogens is 1. The van der Waals surface area contributed by atoms with Crippen LogP contribution in [0.3, 0.4) is 0 Å². The number of hydrogen-bond acceptors (Lipinski definition) is 5. The highest BCUT2D eigenvalue weighted by molar-refractivity contribution is 7.10.